The zero-order chi connectivity index (χ0) is 11.7. The van der Waals surface area contributed by atoms with Gasteiger partial charge >= 0.3 is 0 Å². The van der Waals surface area contributed by atoms with Crippen LogP contribution in [0, 0.1) is 5.82 Å². The Morgan fingerprint density at radius 1 is 1.38 bits per heavy atom. The first-order valence-electron chi connectivity index (χ1n) is 4.56. The number of nitrogens with one attached hydrogen (secondary N) is 1. The number of carbonyl (C=O) groups excluding carboxylic acids is 2. The van der Waals surface area contributed by atoms with Crippen molar-refractivity contribution >= 4 is 33.8 Å². The summed E-state index contributed by atoms with van der Waals surface area (Å²) in [5.74, 6) is -1.24. The van der Waals surface area contributed by atoms with Gasteiger partial charge in [0, 0.05) is 15.6 Å². The lowest BCUT2D eigenvalue weighted by molar-refractivity contribution is -0.124. The minimum Gasteiger partial charge on any atom is -0.292 e. The standard InChI is InChI=1S/C11H7BrFNO2/c12-8-1-2-9(13)6(4-8)3-7-5-10(15)14-11(7)16/h1-4H,5H2,(H,14,15,16). The quantitative estimate of drug-likeness (QED) is 0.633. The van der Waals surface area contributed by atoms with Gasteiger partial charge in [0.05, 0.1) is 6.42 Å². The molecular formula is C11H7BrFNO2. The number of carbonyl (C=O) groups is 2. The fourth-order valence-corrected chi connectivity index (χ4v) is 1.81. The van der Waals surface area contributed by atoms with Crippen molar-refractivity contribution in [2.24, 2.45) is 0 Å². The van der Waals surface area contributed by atoms with Crippen LogP contribution in [-0.2, 0) is 9.59 Å². The second-order valence-electron chi connectivity index (χ2n) is 3.39. The molecule has 0 bridgehead atoms. The highest BCUT2D eigenvalue weighted by atomic mass is 79.9. The Balaban J connectivity index is 2.39. The fraction of sp³-hybridized carbons (Fsp3) is 0.0909. The van der Waals surface area contributed by atoms with Crippen molar-refractivity contribution in [3.05, 3.63) is 39.6 Å². The smallest absolute Gasteiger partial charge is 0.254 e. The van der Waals surface area contributed by atoms with Gasteiger partial charge in [-0.1, -0.05) is 15.9 Å². The zero-order valence-corrected chi connectivity index (χ0v) is 9.67. The van der Waals surface area contributed by atoms with E-state index in [9.17, 15) is 14.0 Å². The van der Waals surface area contributed by atoms with Crippen molar-refractivity contribution in [2.75, 3.05) is 0 Å². The Hall–Kier alpha value is -1.49. The van der Waals surface area contributed by atoms with Crippen LogP contribution in [0.1, 0.15) is 12.0 Å². The molecule has 1 fully saturated rings. The highest BCUT2D eigenvalue weighted by Gasteiger charge is 2.23. The third-order valence-electron chi connectivity index (χ3n) is 2.18. The summed E-state index contributed by atoms with van der Waals surface area (Å²) in [4.78, 5) is 22.2. The summed E-state index contributed by atoms with van der Waals surface area (Å²) < 4.78 is 14.1. The molecule has 1 N–H and O–H groups in total. The molecule has 1 aliphatic rings. The Labute approximate surface area is 99.5 Å². The van der Waals surface area contributed by atoms with Gasteiger partial charge in [-0.3, -0.25) is 14.9 Å². The van der Waals surface area contributed by atoms with Gasteiger partial charge < -0.3 is 0 Å². The minimum absolute atomic E-state index is 0.00475. The van der Waals surface area contributed by atoms with Crippen LogP contribution in [0.2, 0.25) is 0 Å². The first-order valence-corrected chi connectivity index (χ1v) is 5.35. The van der Waals surface area contributed by atoms with E-state index < -0.39 is 11.7 Å². The van der Waals surface area contributed by atoms with E-state index in [1.807, 2.05) is 0 Å². The average Bonchev–Trinajstić information content (AvgIpc) is 2.51. The molecule has 0 atom stereocenters. The molecule has 5 heteroatoms. The van der Waals surface area contributed by atoms with Gasteiger partial charge in [-0.05, 0) is 24.3 Å². The highest BCUT2D eigenvalue weighted by Crippen LogP contribution is 2.20. The lowest BCUT2D eigenvalue weighted by Gasteiger charge is -1.99. The van der Waals surface area contributed by atoms with E-state index in [1.165, 1.54) is 12.1 Å². The maximum absolute atomic E-state index is 13.4. The molecule has 1 saturated heterocycles. The van der Waals surface area contributed by atoms with E-state index in [0.29, 0.717) is 4.47 Å². The molecule has 82 valence electrons. The molecule has 0 radical (unpaired) electrons. The van der Waals surface area contributed by atoms with Crippen LogP contribution in [0.5, 0.6) is 0 Å². The maximum atomic E-state index is 13.4. The van der Waals surface area contributed by atoms with Crippen molar-refractivity contribution in [1.29, 1.82) is 0 Å². The summed E-state index contributed by atoms with van der Waals surface area (Å²) in [6.07, 6.45) is 1.39. The number of benzene rings is 1. The number of hydrogen-bond donors (Lipinski definition) is 1. The largest absolute Gasteiger partial charge is 0.292 e. The van der Waals surface area contributed by atoms with Gasteiger partial charge in [-0.25, -0.2) is 4.39 Å². The zero-order valence-electron chi connectivity index (χ0n) is 8.09. The monoisotopic (exact) mass is 283 g/mol. The summed E-state index contributed by atoms with van der Waals surface area (Å²) >= 11 is 3.21. The molecule has 0 saturated carbocycles. The Morgan fingerprint density at radius 3 is 2.75 bits per heavy atom. The number of imide groups is 1. The number of halogens is 2. The van der Waals surface area contributed by atoms with Crippen LogP contribution in [0.25, 0.3) is 6.08 Å². The summed E-state index contributed by atoms with van der Waals surface area (Å²) in [5, 5.41) is 2.14. The minimum atomic E-state index is -0.454. The van der Waals surface area contributed by atoms with E-state index in [2.05, 4.69) is 21.2 Å². The van der Waals surface area contributed by atoms with Crippen LogP contribution >= 0.6 is 15.9 Å². The average molecular weight is 284 g/mol. The second-order valence-corrected chi connectivity index (χ2v) is 4.31. The van der Waals surface area contributed by atoms with E-state index in [1.54, 1.807) is 12.1 Å². The van der Waals surface area contributed by atoms with E-state index in [4.69, 9.17) is 0 Å². The Kier molecular flexibility index (Phi) is 2.87. The lowest BCUT2D eigenvalue weighted by Crippen LogP contribution is -2.19. The van der Waals surface area contributed by atoms with E-state index >= 15 is 0 Å². The van der Waals surface area contributed by atoms with Crippen LogP contribution in [0.15, 0.2) is 28.2 Å². The number of hydrogen-bond acceptors (Lipinski definition) is 2. The van der Waals surface area contributed by atoms with Gasteiger partial charge in [-0.15, -0.1) is 0 Å². The van der Waals surface area contributed by atoms with Crippen molar-refractivity contribution in [1.82, 2.24) is 5.32 Å². The molecule has 0 unspecified atom stereocenters. The molecule has 0 spiro atoms. The predicted molar refractivity (Wildman–Crippen MR) is 59.8 cm³/mol. The fourth-order valence-electron chi connectivity index (χ4n) is 1.43. The molecule has 2 amide bonds. The summed E-state index contributed by atoms with van der Waals surface area (Å²) in [7, 11) is 0. The molecule has 16 heavy (non-hydrogen) atoms. The van der Waals surface area contributed by atoms with Crippen molar-refractivity contribution in [3.8, 4) is 0 Å². The first-order chi connectivity index (χ1) is 7.56. The van der Waals surface area contributed by atoms with Gasteiger partial charge in [0.15, 0.2) is 0 Å². The molecular weight excluding hydrogens is 277 g/mol. The Morgan fingerprint density at radius 2 is 2.12 bits per heavy atom. The van der Waals surface area contributed by atoms with E-state index in [0.717, 1.165) is 0 Å². The van der Waals surface area contributed by atoms with Crippen molar-refractivity contribution in [2.45, 2.75) is 6.42 Å². The maximum Gasteiger partial charge on any atom is 0.254 e. The number of rotatable bonds is 1. The number of amides is 2. The topological polar surface area (TPSA) is 46.2 Å². The van der Waals surface area contributed by atoms with Gasteiger partial charge in [0.25, 0.3) is 5.91 Å². The van der Waals surface area contributed by atoms with Gasteiger partial charge in [0.1, 0.15) is 5.82 Å². The third kappa shape index (κ3) is 2.19. The van der Waals surface area contributed by atoms with Crippen LogP contribution in [0.3, 0.4) is 0 Å². The van der Waals surface area contributed by atoms with Crippen molar-refractivity contribution < 1.29 is 14.0 Å². The normalized spacial score (nSPS) is 18.0. The van der Waals surface area contributed by atoms with Crippen molar-refractivity contribution in [3.63, 3.8) is 0 Å². The lowest BCUT2D eigenvalue weighted by atomic mass is 10.1. The summed E-state index contributed by atoms with van der Waals surface area (Å²) in [6.45, 7) is 0. The molecule has 0 aromatic heterocycles. The molecule has 1 aromatic carbocycles. The first kappa shape index (κ1) is 11.0. The highest BCUT2D eigenvalue weighted by molar-refractivity contribution is 9.10. The van der Waals surface area contributed by atoms with Gasteiger partial charge in [-0.2, -0.15) is 0 Å². The predicted octanol–water partition coefficient (Wildman–Crippen LogP) is 2.02. The summed E-state index contributed by atoms with van der Waals surface area (Å²) in [5.41, 5.74) is 0.566. The van der Waals surface area contributed by atoms with Gasteiger partial charge in [0.2, 0.25) is 5.91 Å². The SMILES string of the molecule is O=C1CC(=Cc2cc(Br)ccc2F)C(=O)N1. The molecule has 1 aromatic rings. The van der Waals surface area contributed by atoms with Crippen LogP contribution in [0.4, 0.5) is 4.39 Å². The second kappa shape index (κ2) is 4.17. The van der Waals surface area contributed by atoms with Crippen LogP contribution < -0.4 is 5.32 Å². The third-order valence-corrected chi connectivity index (χ3v) is 2.68. The summed E-state index contributed by atoms with van der Waals surface area (Å²) in [6, 6.07) is 4.42. The molecule has 0 aliphatic carbocycles. The molecule has 3 nitrogen and oxygen atoms in total. The Bertz CT molecular complexity index is 511. The molecule has 1 heterocycles. The molecule has 2 rings (SSSR count). The van der Waals surface area contributed by atoms with Crippen LogP contribution in [-0.4, -0.2) is 11.8 Å². The molecule has 1 aliphatic heterocycles. The van der Waals surface area contributed by atoms with E-state index in [-0.39, 0.29) is 23.5 Å².